The van der Waals surface area contributed by atoms with Gasteiger partial charge in [0.15, 0.2) is 17.2 Å². The van der Waals surface area contributed by atoms with E-state index in [2.05, 4.69) is 4.74 Å². The molecule has 1 saturated carbocycles. The molecule has 0 bridgehead atoms. The van der Waals surface area contributed by atoms with Crippen molar-refractivity contribution in [3.05, 3.63) is 63.9 Å². The third kappa shape index (κ3) is 4.57. The summed E-state index contributed by atoms with van der Waals surface area (Å²) in [6.07, 6.45) is -4.82. The maximum atomic E-state index is 14.6. The number of carbonyl (C=O) groups excluding carboxylic acids is 3. The molecule has 4 atom stereocenters. The Bertz CT molecular complexity index is 1750. The highest BCUT2D eigenvalue weighted by molar-refractivity contribution is 6.24. The predicted molar refractivity (Wildman–Crippen MR) is 162 cm³/mol. The van der Waals surface area contributed by atoms with Gasteiger partial charge in [-0.2, -0.15) is 0 Å². The lowest BCUT2D eigenvalue weighted by Gasteiger charge is -2.59. The van der Waals surface area contributed by atoms with E-state index in [0.29, 0.717) is 16.7 Å². The minimum absolute atomic E-state index is 0.0361. The summed E-state index contributed by atoms with van der Waals surface area (Å²) in [7, 11) is 0. The van der Waals surface area contributed by atoms with E-state index in [1.165, 1.54) is 12.1 Å². The lowest BCUT2D eigenvalue weighted by molar-refractivity contribution is -0.274. The minimum Gasteiger partial charge on any atom is -0.508 e. The predicted octanol–water partition coefficient (Wildman–Crippen LogP) is 6.88. The van der Waals surface area contributed by atoms with Crippen molar-refractivity contribution in [2.45, 2.75) is 79.2 Å². The van der Waals surface area contributed by atoms with E-state index in [-0.39, 0.29) is 35.5 Å². The SMILES string of the molecule is CC(=O)C1=C(O)[C@]2(O)C(=O)C3=C(O)c4c(O)c(-c5ccc(OC(F)(F)F)cc5)cc(C(C)C)c4C[C@]3(C)C[C@]2(C)C(C(C)C)C1=O. The Morgan fingerprint density at radius 2 is 1.61 bits per heavy atom. The summed E-state index contributed by atoms with van der Waals surface area (Å²) in [6.45, 7) is 11.6. The van der Waals surface area contributed by atoms with Crippen LogP contribution in [0.25, 0.3) is 16.9 Å². The first-order chi connectivity index (χ1) is 21.1. The van der Waals surface area contributed by atoms with E-state index in [9.17, 15) is 48.0 Å². The molecule has 0 radical (unpaired) electrons. The Balaban J connectivity index is 1.78. The van der Waals surface area contributed by atoms with Gasteiger partial charge in [-0.15, -0.1) is 13.2 Å². The van der Waals surface area contributed by atoms with Gasteiger partial charge in [0.05, 0.1) is 5.56 Å². The number of aliphatic hydroxyl groups is 3. The van der Waals surface area contributed by atoms with Crippen molar-refractivity contribution in [3.8, 4) is 22.6 Å². The normalized spacial score (nSPS) is 28.0. The summed E-state index contributed by atoms with van der Waals surface area (Å²) in [6, 6.07) is 6.51. The molecule has 8 nitrogen and oxygen atoms in total. The molecule has 1 fully saturated rings. The number of phenolic OH excluding ortho intramolecular Hbond substituents is 1. The molecule has 0 aliphatic heterocycles. The van der Waals surface area contributed by atoms with E-state index < -0.39 is 80.6 Å². The molecule has 5 rings (SSSR count). The second-order valence-corrected chi connectivity index (χ2v) is 13.9. The van der Waals surface area contributed by atoms with Crippen LogP contribution in [0.15, 0.2) is 47.2 Å². The highest BCUT2D eigenvalue weighted by atomic mass is 19.4. The van der Waals surface area contributed by atoms with Gasteiger partial charge in [-0.25, -0.2) is 0 Å². The standard InChI is InChI=1S/C35H37F3O8/c1-15(2)20-12-21(18-8-10-19(11-9-18)46-35(36,37)38)27(40)24-22(20)13-32(6)14-33(7)25(16(3)4)28(41)23(17(5)39)30(43)34(33,45)31(44)26(32)29(24)42/h8-12,15-16,25,40,42-43,45H,13-14H2,1-7H3/t25?,32-,33-,34+/m1/s1. The van der Waals surface area contributed by atoms with Crippen molar-refractivity contribution in [1.82, 2.24) is 0 Å². The number of ether oxygens (including phenoxy) is 1. The van der Waals surface area contributed by atoms with E-state index >= 15 is 0 Å². The van der Waals surface area contributed by atoms with Crippen LogP contribution < -0.4 is 4.74 Å². The van der Waals surface area contributed by atoms with Crippen molar-refractivity contribution < 1.29 is 52.7 Å². The van der Waals surface area contributed by atoms with Gasteiger partial charge in [-0.05, 0) is 66.5 Å². The van der Waals surface area contributed by atoms with Crippen LogP contribution in [0.1, 0.15) is 77.5 Å². The van der Waals surface area contributed by atoms with E-state index in [1.54, 1.807) is 33.8 Å². The van der Waals surface area contributed by atoms with Crippen molar-refractivity contribution in [2.24, 2.45) is 22.7 Å². The first-order valence-corrected chi connectivity index (χ1v) is 15.1. The number of hydrogen-bond acceptors (Lipinski definition) is 8. The molecule has 246 valence electrons. The van der Waals surface area contributed by atoms with Gasteiger partial charge in [0.2, 0.25) is 5.78 Å². The van der Waals surface area contributed by atoms with Crippen LogP contribution in [0.3, 0.4) is 0 Å². The molecule has 0 saturated heterocycles. The number of allylic oxidation sites excluding steroid dienone is 1. The summed E-state index contributed by atoms with van der Waals surface area (Å²) in [5.74, 6) is -6.77. The zero-order valence-corrected chi connectivity index (χ0v) is 26.6. The summed E-state index contributed by atoms with van der Waals surface area (Å²) in [4.78, 5) is 40.8. The number of alkyl halides is 3. The van der Waals surface area contributed by atoms with E-state index in [0.717, 1.165) is 19.1 Å². The summed E-state index contributed by atoms with van der Waals surface area (Å²) in [5, 5.41) is 47.1. The van der Waals surface area contributed by atoms with Crippen molar-refractivity contribution >= 4 is 23.1 Å². The average molecular weight is 643 g/mol. The maximum absolute atomic E-state index is 14.6. The molecule has 0 heterocycles. The van der Waals surface area contributed by atoms with Crippen LogP contribution in [0.4, 0.5) is 13.2 Å². The number of hydrogen-bond donors (Lipinski definition) is 4. The van der Waals surface area contributed by atoms with E-state index in [1.807, 2.05) is 13.8 Å². The first kappa shape index (κ1) is 33.2. The largest absolute Gasteiger partial charge is 0.573 e. The molecule has 11 heteroatoms. The lowest BCUT2D eigenvalue weighted by atomic mass is 9.43. The second kappa shape index (κ2) is 10.4. The van der Waals surface area contributed by atoms with Crippen LogP contribution in [-0.2, 0) is 20.8 Å². The quantitative estimate of drug-likeness (QED) is 0.259. The van der Waals surface area contributed by atoms with Crippen LogP contribution in [-0.4, -0.2) is 49.7 Å². The summed E-state index contributed by atoms with van der Waals surface area (Å²) < 4.78 is 42.1. The van der Waals surface area contributed by atoms with Crippen molar-refractivity contribution in [1.29, 1.82) is 0 Å². The molecule has 2 aromatic carbocycles. The number of Topliss-reactive ketones (excluding diaryl/α,β-unsaturated/α-hetero) is 3. The topological polar surface area (TPSA) is 141 Å². The minimum atomic E-state index is -4.90. The monoisotopic (exact) mass is 642 g/mol. The van der Waals surface area contributed by atoms with Gasteiger partial charge in [0.25, 0.3) is 0 Å². The molecule has 3 aliphatic carbocycles. The Morgan fingerprint density at radius 1 is 1.02 bits per heavy atom. The number of halogens is 3. The fourth-order valence-corrected chi connectivity index (χ4v) is 8.38. The van der Waals surface area contributed by atoms with Crippen LogP contribution in [0.2, 0.25) is 0 Å². The zero-order valence-electron chi connectivity index (χ0n) is 26.6. The Kier molecular flexibility index (Phi) is 7.55. The molecule has 46 heavy (non-hydrogen) atoms. The third-order valence-corrected chi connectivity index (χ3v) is 10.1. The number of carbonyl (C=O) groups is 3. The van der Waals surface area contributed by atoms with Crippen molar-refractivity contribution in [3.63, 3.8) is 0 Å². The molecule has 0 spiro atoms. The lowest BCUT2D eigenvalue weighted by Crippen LogP contribution is -2.69. The van der Waals surface area contributed by atoms with Crippen LogP contribution in [0.5, 0.6) is 11.5 Å². The van der Waals surface area contributed by atoms with Gasteiger partial charge in [-0.1, -0.05) is 53.7 Å². The Hall–Kier alpha value is -4.12. The molecule has 3 aliphatic rings. The number of ketones is 3. The van der Waals surface area contributed by atoms with E-state index in [4.69, 9.17) is 0 Å². The number of aliphatic hydroxyl groups excluding tert-OH is 2. The van der Waals surface area contributed by atoms with Gasteiger partial charge in [-0.3, -0.25) is 14.4 Å². The highest BCUT2D eigenvalue weighted by Crippen LogP contribution is 2.65. The zero-order chi connectivity index (χ0) is 34.5. The molecular weight excluding hydrogens is 605 g/mol. The molecular formula is C35H37F3O8. The second-order valence-electron chi connectivity index (χ2n) is 13.9. The van der Waals surface area contributed by atoms with Gasteiger partial charge in [0.1, 0.15) is 28.6 Å². The Morgan fingerprint density at radius 3 is 2.11 bits per heavy atom. The fraction of sp³-hybridized carbons (Fsp3) is 0.457. The van der Waals surface area contributed by atoms with Gasteiger partial charge >= 0.3 is 6.36 Å². The van der Waals surface area contributed by atoms with Crippen LogP contribution in [0, 0.1) is 22.7 Å². The fourth-order valence-electron chi connectivity index (χ4n) is 8.38. The first-order valence-electron chi connectivity index (χ1n) is 15.1. The van der Waals surface area contributed by atoms with Gasteiger partial charge < -0.3 is 25.2 Å². The number of benzene rings is 2. The molecule has 4 N–H and O–H groups in total. The summed E-state index contributed by atoms with van der Waals surface area (Å²) in [5.41, 5.74) is -4.77. The Labute approximate surface area is 264 Å². The number of fused-ring (bicyclic) bond motifs is 3. The number of aromatic hydroxyl groups is 1. The molecule has 0 aromatic heterocycles. The van der Waals surface area contributed by atoms with Gasteiger partial charge in [0, 0.05) is 27.9 Å². The van der Waals surface area contributed by atoms with Crippen molar-refractivity contribution in [2.75, 3.05) is 0 Å². The third-order valence-electron chi connectivity index (χ3n) is 10.1. The smallest absolute Gasteiger partial charge is 0.508 e. The summed E-state index contributed by atoms with van der Waals surface area (Å²) >= 11 is 0. The number of phenols is 1. The molecule has 2 aromatic rings. The average Bonchev–Trinajstić information content (AvgIpc) is 2.90. The number of rotatable bonds is 5. The maximum Gasteiger partial charge on any atom is 0.573 e. The highest BCUT2D eigenvalue weighted by Gasteiger charge is 2.72. The molecule has 1 unspecified atom stereocenters. The molecule has 0 amide bonds. The van der Waals surface area contributed by atoms with Crippen LogP contribution >= 0.6 is 0 Å².